The van der Waals surface area contributed by atoms with Crippen LogP contribution in [0.5, 0.6) is 5.75 Å². The maximum atomic E-state index is 12.9. The maximum Gasteiger partial charge on any atom is 0.270 e. The van der Waals surface area contributed by atoms with Gasteiger partial charge in [0.2, 0.25) is 11.8 Å². The Labute approximate surface area is 192 Å². The van der Waals surface area contributed by atoms with Crippen LogP contribution in [0.4, 0.5) is 11.4 Å². The highest BCUT2D eigenvalue weighted by molar-refractivity contribution is 6.05. The van der Waals surface area contributed by atoms with Gasteiger partial charge in [-0.25, -0.2) is 0 Å². The molecular weight excluding hydrogens is 420 g/mol. The molecule has 1 saturated heterocycles. The Morgan fingerprint density at radius 2 is 1.73 bits per heavy atom. The van der Waals surface area contributed by atoms with Crippen molar-refractivity contribution < 1.29 is 19.1 Å². The molecule has 170 valence electrons. The zero-order chi connectivity index (χ0) is 23.5. The van der Waals surface area contributed by atoms with Crippen LogP contribution >= 0.6 is 0 Å². The monoisotopic (exact) mass is 446 g/mol. The molecular formula is C25H26N4O4. The molecule has 2 N–H and O–H groups in total. The Bertz CT molecular complexity index is 1200. The van der Waals surface area contributed by atoms with Crippen molar-refractivity contribution in [2.45, 2.75) is 20.3 Å². The third-order valence-corrected chi connectivity index (χ3v) is 5.74. The zero-order valence-electron chi connectivity index (χ0n) is 18.8. The highest BCUT2D eigenvalue weighted by Gasteiger charge is 2.35. The molecule has 0 bridgehead atoms. The molecule has 1 aliphatic rings. The van der Waals surface area contributed by atoms with Crippen LogP contribution in [0.25, 0.3) is 0 Å². The first-order valence-electron chi connectivity index (χ1n) is 10.7. The number of rotatable bonds is 6. The van der Waals surface area contributed by atoms with E-state index in [1.807, 2.05) is 38.1 Å². The standard InChI is InChI=1S/C25H26N4O4/c1-16-10-11-17(2)29(16)27-25(32)18-6-4-7-20(12-18)26-24(31)19-13-23(30)28(15-19)21-8-5-9-22(14-21)33-3/h4-12,14,19H,13,15H2,1-3H3,(H,26,31)(H,27,32)/t19-/m0/s1. The molecule has 1 aliphatic heterocycles. The van der Waals surface area contributed by atoms with Gasteiger partial charge in [0, 0.05) is 47.4 Å². The molecule has 0 aliphatic carbocycles. The minimum atomic E-state index is -0.494. The van der Waals surface area contributed by atoms with Crippen molar-refractivity contribution in [3.8, 4) is 5.75 Å². The van der Waals surface area contributed by atoms with Crippen LogP contribution in [0.3, 0.4) is 0 Å². The SMILES string of the molecule is COc1cccc(N2C[C@@H](C(=O)Nc3cccc(C(=O)Nn4c(C)ccc4C)c3)CC2=O)c1. The van der Waals surface area contributed by atoms with E-state index in [0.29, 0.717) is 22.7 Å². The van der Waals surface area contributed by atoms with E-state index in [4.69, 9.17) is 4.74 Å². The summed E-state index contributed by atoms with van der Waals surface area (Å²) in [5, 5.41) is 2.85. The van der Waals surface area contributed by atoms with Crippen molar-refractivity contribution in [2.24, 2.45) is 5.92 Å². The molecule has 1 aromatic heterocycles. The molecule has 2 heterocycles. The molecule has 3 aromatic rings. The van der Waals surface area contributed by atoms with Crippen LogP contribution < -0.4 is 20.4 Å². The van der Waals surface area contributed by atoms with Gasteiger partial charge in [-0.15, -0.1) is 0 Å². The minimum absolute atomic E-state index is 0.117. The number of hydrogen-bond acceptors (Lipinski definition) is 4. The molecule has 0 unspecified atom stereocenters. The van der Waals surface area contributed by atoms with Crippen LogP contribution in [0, 0.1) is 19.8 Å². The average Bonchev–Trinajstić information content (AvgIpc) is 3.36. The summed E-state index contributed by atoms with van der Waals surface area (Å²) in [6.07, 6.45) is 0.120. The predicted octanol–water partition coefficient (Wildman–Crippen LogP) is 3.49. The summed E-state index contributed by atoms with van der Waals surface area (Å²) < 4.78 is 6.94. The molecule has 4 rings (SSSR count). The summed E-state index contributed by atoms with van der Waals surface area (Å²) in [4.78, 5) is 39.7. The second-order valence-electron chi connectivity index (χ2n) is 8.07. The molecule has 0 spiro atoms. The van der Waals surface area contributed by atoms with E-state index in [1.165, 1.54) is 0 Å². The molecule has 8 heteroatoms. The van der Waals surface area contributed by atoms with Gasteiger partial charge in [-0.05, 0) is 56.3 Å². The van der Waals surface area contributed by atoms with Crippen molar-refractivity contribution in [1.29, 1.82) is 0 Å². The number of methoxy groups -OCH3 is 1. The summed E-state index contributed by atoms with van der Waals surface area (Å²) in [5.41, 5.74) is 6.30. The van der Waals surface area contributed by atoms with Gasteiger partial charge in [-0.3, -0.25) is 24.5 Å². The van der Waals surface area contributed by atoms with Crippen LogP contribution in [-0.4, -0.2) is 36.1 Å². The highest BCUT2D eigenvalue weighted by Crippen LogP contribution is 2.28. The van der Waals surface area contributed by atoms with E-state index in [0.717, 1.165) is 11.4 Å². The Kier molecular flexibility index (Phi) is 6.17. The van der Waals surface area contributed by atoms with Crippen LogP contribution in [0.15, 0.2) is 60.7 Å². The van der Waals surface area contributed by atoms with Crippen molar-refractivity contribution in [1.82, 2.24) is 4.68 Å². The molecule has 2 aromatic carbocycles. The van der Waals surface area contributed by atoms with Gasteiger partial charge in [0.15, 0.2) is 0 Å². The lowest BCUT2D eigenvalue weighted by atomic mass is 10.1. The quantitative estimate of drug-likeness (QED) is 0.606. The van der Waals surface area contributed by atoms with E-state index in [1.54, 1.807) is 53.1 Å². The minimum Gasteiger partial charge on any atom is -0.497 e. The number of nitrogens with zero attached hydrogens (tertiary/aromatic N) is 2. The number of aromatic nitrogens is 1. The summed E-state index contributed by atoms with van der Waals surface area (Å²) in [6, 6.07) is 17.8. The number of aryl methyl sites for hydroxylation is 2. The first-order chi connectivity index (χ1) is 15.9. The van der Waals surface area contributed by atoms with Crippen LogP contribution in [0.2, 0.25) is 0 Å². The fourth-order valence-corrected chi connectivity index (χ4v) is 3.90. The summed E-state index contributed by atoms with van der Waals surface area (Å²) >= 11 is 0. The number of carbonyl (C=O) groups is 3. The fraction of sp³-hybridized carbons (Fsp3) is 0.240. The molecule has 1 fully saturated rings. The second kappa shape index (κ2) is 9.20. The van der Waals surface area contributed by atoms with Crippen molar-refractivity contribution >= 4 is 29.1 Å². The number of ether oxygens (including phenoxy) is 1. The van der Waals surface area contributed by atoms with E-state index in [9.17, 15) is 14.4 Å². The van der Waals surface area contributed by atoms with Gasteiger partial charge in [0.1, 0.15) is 5.75 Å². The molecule has 0 saturated carbocycles. The number of hydrogen-bond donors (Lipinski definition) is 2. The third kappa shape index (κ3) is 4.74. The summed E-state index contributed by atoms with van der Waals surface area (Å²) in [5.74, 6) is -0.508. The lowest BCUT2D eigenvalue weighted by Gasteiger charge is -2.17. The number of anilines is 2. The Balaban J connectivity index is 1.42. The van der Waals surface area contributed by atoms with Crippen molar-refractivity contribution in [3.63, 3.8) is 0 Å². The topological polar surface area (TPSA) is 92.7 Å². The van der Waals surface area contributed by atoms with Gasteiger partial charge in [0.25, 0.3) is 5.91 Å². The number of benzene rings is 2. The van der Waals surface area contributed by atoms with Gasteiger partial charge in [0.05, 0.1) is 13.0 Å². The van der Waals surface area contributed by atoms with Crippen LogP contribution in [0.1, 0.15) is 28.2 Å². The maximum absolute atomic E-state index is 12.9. The normalized spacial score (nSPS) is 15.4. The lowest BCUT2D eigenvalue weighted by molar-refractivity contribution is -0.122. The highest BCUT2D eigenvalue weighted by atomic mass is 16.5. The largest absolute Gasteiger partial charge is 0.497 e. The summed E-state index contributed by atoms with van der Waals surface area (Å²) in [6.45, 7) is 4.09. The molecule has 3 amide bonds. The van der Waals surface area contributed by atoms with Gasteiger partial charge < -0.3 is 15.0 Å². The Hall–Kier alpha value is -4.07. The molecule has 33 heavy (non-hydrogen) atoms. The number of carbonyl (C=O) groups excluding carboxylic acids is 3. The van der Waals surface area contributed by atoms with Gasteiger partial charge in [-0.2, -0.15) is 0 Å². The molecule has 8 nitrogen and oxygen atoms in total. The number of nitrogens with one attached hydrogen (secondary N) is 2. The molecule has 0 radical (unpaired) electrons. The van der Waals surface area contributed by atoms with Gasteiger partial charge >= 0.3 is 0 Å². The van der Waals surface area contributed by atoms with E-state index >= 15 is 0 Å². The van der Waals surface area contributed by atoms with E-state index in [-0.39, 0.29) is 30.7 Å². The van der Waals surface area contributed by atoms with Crippen molar-refractivity contribution in [2.75, 3.05) is 29.3 Å². The van der Waals surface area contributed by atoms with E-state index in [2.05, 4.69) is 10.7 Å². The predicted molar refractivity (Wildman–Crippen MR) is 126 cm³/mol. The summed E-state index contributed by atoms with van der Waals surface area (Å²) in [7, 11) is 1.57. The molecule has 1 atom stereocenters. The van der Waals surface area contributed by atoms with Crippen molar-refractivity contribution in [3.05, 3.63) is 77.6 Å². The first kappa shape index (κ1) is 22.1. The average molecular weight is 447 g/mol. The lowest BCUT2D eigenvalue weighted by Crippen LogP contribution is -2.28. The third-order valence-electron chi connectivity index (χ3n) is 5.74. The second-order valence-corrected chi connectivity index (χ2v) is 8.07. The van der Waals surface area contributed by atoms with Crippen LogP contribution in [-0.2, 0) is 9.59 Å². The Morgan fingerprint density at radius 3 is 2.45 bits per heavy atom. The first-order valence-corrected chi connectivity index (χ1v) is 10.7. The zero-order valence-corrected chi connectivity index (χ0v) is 18.8. The van der Waals surface area contributed by atoms with E-state index < -0.39 is 5.92 Å². The number of amides is 3. The fourth-order valence-electron chi connectivity index (χ4n) is 3.90. The smallest absolute Gasteiger partial charge is 0.270 e. The Morgan fingerprint density at radius 1 is 1.00 bits per heavy atom. The van der Waals surface area contributed by atoms with Gasteiger partial charge in [-0.1, -0.05) is 12.1 Å².